The Labute approximate surface area is 147 Å². The number of hydrogen-bond acceptors (Lipinski definition) is 7. The van der Waals surface area contributed by atoms with Gasteiger partial charge in [0.2, 0.25) is 29.5 Å². The number of carboxylic acids is 1. The van der Waals surface area contributed by atoms with E-state index in [1.54, 1.807) is 0 Å². The molecule has 0 aromatic rings. The van der Waals surface area contributed by atoms with Crippen molar-refractivity contribution in [2.45, 2.75) is 43.8 Å². The Morgan fingerprint density at radius 1 is 0.769 bits per heavy atom. The highest BCUT2D eigenvalue weighted by Crippen LogP contribution is 2.02. The van der Waals surface area contributed by atoms with Crippen LogP contribution >= 0.6 is 0 Å². The molecule has 0 aromatic carbocycles. The minimum atomic E-state index is -1.63. The second kappa shape index (κ2) is 10.6. The zero-order valence-corrected chi connectivity index (χ0v) is 13.8. The van der Waals surface area contributed by atoms with Crippen molar-refractivity contribution in [1.29, 1.82) is 0 Å². The number of carbonyl (C=O) groups is 6. The molecule has 0 radical (unpaired) electrons. The van der Waals surface area contributed by atoms with Crippen molar-refractivity contribution in [2.75, 3.05) is 0 Å². The summed E-state index contributed by atoms with van der Waals surface area (Å²) in [6, 6.07) is -4.37. The van der Waals surface area contributed by atoms with Crippen molar-refractivity contribution in [3.05, 3.63) is 0 Å². The van der Waals surface area contributed by atoms with Gasteiger partial charge in [-0.2, -0.15) is 0 Å². The Balaban J connectivity index is 5.14. The lowest BCUT2D eigenvalue weighted by Gasteiger charge is -2.22. The average molecular weight is 374 g/mol. The summed E-state index contributed by atoms with van der Waals surface area (Å²) < 4.78 is 0. The fourth-order valence-electron chi connectivity index (χ4n) is 1.82. The van der Waals surface area contributed by atoms with E-state index in [0.29, 0.717) is 0 Å². The molecule has 0 heterocycles. The Kier molecular flexibility index (Phi) is 9.29. The van der Waals surface area contributed by atoms with Gasteiger partial charge in [-0.05, 0) is 6.42 Å². The van der Waals surface area contributed by atoms with Crippen LogP contribution in [0.25, 0.3) is 0 Å². The van der Waals surface area contributed by atoms with E-state index in [1.165, 1.54) is 0 Å². The zero-order valence-electron chi connectivity index (χ0n) is 13.8. The highest BCUT2D eigenvalue weighted by Gasteiger charge is 2.29. The summed E-state index contributed by atoms with van der Waals surface area (Å²) >= 11 is 0. The summed E-state index contributed by atoms with van der Waals surface area (Å²) in [5.74, 6) is -6.04. The van der Waals surface area contributed by atoms with Crippen molar-refractivity contribution in [3.8, 4) is 0 Å². The number of rotatable bonds is 12. The number of carboxylic acid groups (broad SMARTS) is 1. The van der Waals surface area contributed by atoms with E-state index in [4.69, 9.17) is 28.0 Å². The van der Waals surface area contributed by atoms with Crippen molar-refractivity contribution < 1.29 is 33.9 Å². The molecular weight excluding hydrogens is 352 g/mol. The van der Waals surface area contributed by atoms with Crippen LogP contribution in [0, 0.1) is 0 Å². The van der Waals surface area contributed by atoms with Crippen LogP contribution in [0.3, 0.4) is 0 Å². The van der Waals surface area contributed by atoms with Gasteiger partial charge in [-0.1, -0.05) is 0 Å². The normalized spacial score (nSPS) is 13.7. The smallest absolute Gasteiger partial charge is 0.326 e. The number of hydrogen-bond donors (Lipinski definition) is 7. The number of nitrogens with two attached hydrogens (primary N) is 4. The molecule has 0 aliphatic heterocycles. The fourth-order valence-corrected chi connectivity index (χ4v) is 1.82. The molecule has 0 aliphatic rings. The lowest BCUT2D eigenvalue weighted by atomic mass is 10.1. The standard InChI is InChI=1S/C13H22N6O7/c14-5(3-9(16)21)11(23)18-6(1-2-8(15)20)12(24)19-7(13(25)26)4-10(17)22/h5-7H,1-4,14H2,(H2,15,20)(H2,16,21)(H2,17,22)(H,18,23)(H,19,24)(H,25,26). The van der Waals surface area contributed by atoms with Crippen LogP contribution in [0.4, 0.5) is 0 Å². The first kappa shape index (κ1) is 22.8. The highest BCUT2D eigenvalue weighted by molar-refractivity contribution is 5.94. The van der Waals surface area contributed by atoms with Gasteiger partial charge in [-0.15, -0.1) is 0 Å². The first-order valence-electron chi connectivity index (χ1n) is 7.38. The average Bonchev–Trinajstić information content (AvgIpc) is 2.48. The molecule has 0 spiro atoms. The third-order valence-corrected chi connectivity index (χ3v) is 3.09. The van der Waals surface area contributed by atoms with Crippen LogP contribution in [0.15, 0.2) is 0 Å². The molecule has 0 aliphatic carbocycles. The van der Waals surface area contributed by atoms with Gasteiger partial charge in [0.25, 0.3) is 0 Å². The summed E-state index contributed by atoms with van der Waals surface area (Å²) in [6.45, 7) is 0. The second-order valence-electron chi connectivity index (χ2n) is 5.41. The van der Waals surface area contributed by atoms with E-state index in [9.17, 15) is 28.8 Å². The minimum Gasteiger partial charge on any atom is -0.480 e. The molecule has 5 amide bonds. The van der Waals surface area contributed by atoms with Gasteiger partial charge in [0, 0.05) is 6.42 Å². The van der Waals surface area contributed by atoms with Gasteiger partial charge in [0.05, 0.1) is 18.9 Å². The van der Waals surface area contributed by atoms with Crippen LogP contribution in [-0.4, -0.2) is 58.7 Å². The monoisotopic (exact) mass is 374 g/mol. The molecule has 0 rings (SSSR count). The molecule has 0 bridgehead atoms. The summed E-state index contributed by atoms with van der Waals surface area (Å²) in [7, 11) is 0. The van der Waals surface area contributed by atoms with Crippen LogP contribution in [0.1, 0.15) is 25.7 Å². The Morgan fingerprint density at radius 2 is 1.27 bits per heavy atom. The van der Waals surface area contributed by atoms with Crippen molar-refractivity contribution >= 4 is 35.5 Å². The number of amides is 5. The molecule has 13 nitrogen and oxygen atoms in total. The van der Waals surface area contributed by atoms with E-state index in [1.807, 2.05) is 5.32 Å². The van der Waals surface area contributed by atoms with Gasteiger partial charge in [0.15, 0.2) is 0 Å². The molecule has 0 saturated carbocycles. The number of carbonyl (C=O) groups excluding carboxylic acids is 5. The summed E-state index contributed by atoms with van der Waals surface area (Å²) in [5, 5.41) is 13.2. The molecule has 26 heavy (non-hydrogen) atoms. The maximum Gasteiger partial charge on any atom is 0.326 e. The number of aliphatic carboxylic acids is 1. The molecule has 3 atom stereocenters. The van der Waals surface area contributed by atoms with Crippen molar-refractivity contribution in [1.82, 2.24) is 10.6 Å². The van der Waals surface area contributed by atoms with Crippen LogP contribution < -0.4 is 33.6 Å². The maximum absolute atomic E-state index is 12.2. The van der Waals surface area contributed by atoms with E-state index in [0.717, 1.165) is 0 Å². The first-order chi connectivity index (χ1) is 11.9. The SMILES string of the molecule is NC(=O)CCC(NC(=O)C(N)CC(N)=O)C(=O)NC(CC(N)=O)C(=O)O. The van der Waals surface area contributed by atoms with Gasteiger partial charge in [-0.3, -0.25) is 24.0 Å². The molecule has 0 fully saturated rings. The molecule has 0 saturated heterocycles. The Bertz CT molecular complexity index is 594. The van der Waals surface area contributed by atoms with E-state index in [-0.39, 0.29) is 12.8 Å². The predicted molar refractivity (Wildman–Crippen MR) is 85.5 cm³/mol. The fraction of sp³-hybridized carbons (Fsp3) is 0.538. The lowest BCUT2D eigenvalue weighted by Crippen LogP contribution is -2.55. The first-order valence-corrected chi connectivity index (χ1v) is 7.38. The third-order valence-electron chi connectivity index (χ3n) is 3.09. The topological polar surface area (TPSA) is 251 Å². The van der Waals surface area contributed by atoms with E-state index < -0.39 is 66.5 Å². The van der Waals surface area contributed by atoms with Gasteiger partial charge >= 0.3 is 5.97 Å². The van der Waals surface area contributed by atoms with E-state index >= 15 is 0 Å². The van der Waals surface area contributed by atoms with Crippen LogP contribution in [-0.2, 0) is 28.8 Å². The molecular formula is C13H22N6O7. The van der Waals surface area contributed by atoms with Gasteiger partial charge < -0.3 is 38.7 Å². The van der Waals surface area contributed by atoms with Gasteiger partial charge in [-0.25, -0.2) is 4.79 Å². The predicted octanol–water partition coefficient (Wildman–Crippen LogP) is -4.62. The molecule has 146 valence electrons. The zero-order chi connectivity index (χ0) is 20.4. The van der Waals surface area contributed by atoms with Crippen LogP contribution in [0.5, 0.6) is 0 Å². The highest BCUT2D eigenvalue weighted by atomic mass is 16.4. The maximum atomic E-state index is 12.2. The second-order valence-corrected chi connectivity index (χ2v) is 5.41. The van der Waals surface area contributed by atoms with Gasteiger partial charge in [0.1, 0.15) is 12.1 Å². The third kappa shape index (κ3) is 9.17. The Hall–Kier alpha value is -3.22. The summed E-state index contributed by atoms with van der Waals surface area (Å²) in [6.07, 6.45) is -1.75. The molecule has 0 aromatic heterocycles. The van der Waals surface area contributed by atoms with E-state index in [2.05, 4.69) is 5.32 Å². The molecule has 13 heteroatoms. The van der Waals surface area contributed by atoms with Crippen LogP contribution in [0.2, 0.25) is 0 Å². The van der Waals surface area contributed by atoms with Crippen molar-refractivity contribution in [2.24, 2.45) is 22.9 Å². The largest absolute Gasteiger partial charge is 0.480 e. The minimum absolute atomic E-state index is 0.265. The quantitative estimate of drug-likeness (QED) is 0.174. The summed E-state index contributed by atoms with van der Waals surface area (Å²) in [4.78, 5) is 67.7. The molecule has 3 unspecified atom stereocenters. The lowest BCUT2D eigenvalue weighted by molar-refractivity contribution is -0.143. The number of primary amides is 3. The van der Waals surface area contributed by atoms with Crippen molar-refractivity contribution in [3.63, 3.8) is 0 Å². The summed E-state index contributed by atoms with van der Waals surface area (Å²) in [5.41, 5.74) is 20.3. The number of nitrogens with one attached hydrogen (secondary N) is 2. The molecule has 11 N–H and O–H groups in total. The Morgan fingerprint density at radius 3 is 1.69 bits per heavy atom.